The monoisotopic (exact) mass is 176 g/mol. The highest BCUT2D eigenvalue weighted by molar-refractivity contribution is 4.94. The van der Waals surface area contributed by atoms with Gasteiger partial charge in [0.2, 0.25) is 0 Å². The van der Waals surface area contributed by atoms with Crippen LogP contribution in [0.25, 0.3) is 0 Å². The summed E-state index contributed by atoms with van der Waals surface area (Å²) in [5.74, 6) is -8.95. The molecule has 0 aliphatic heterocycles. The van der Waals surface area contributed by atoms with E-state index < -0.39 is 17.5 Å². The summed E-state index contributed by atoms with van der Waals surface area (Å²) in [5, 5.41) is 0. The van der Waals surface area contributed by atoms with E-state index in [-0.39, 0.29) is 6.92 Å². The Balaban J connectivity index is 4.75. The molecular formula is C6H9F5. The minimum atomic E-state index is -4.62. The second-order valence-electron chi connectivity index (χ2n) is 2.94. The molecule has 0 spiro atoms. The SMILES string of the molecule is CC(C)(F)C(F)(F)C(C)(F)F. The van der Waals surface area contributed by atoms with Crippen LogP contribution in [0.4, 0.5) is 22.0 Å². The van der Waals surface area contributed by atoms with E-state index in [0.717, 1.165) is 0 Å². The van der Waals surface area contributed by atoms with Gasteiger partial charge in [0.05, 0.1) is 0 Å². The quantitative estimate of drug-likeness (QED) is 0.567. The zero-order valence-corrected chi connectivity index (χ0v) is 6.39. The van der Waals surface area contributed by atoms with Gasteiger partial charge >= 0.3 is 11.8 Å². The van der Waals surface area contributed by atoms with Gasteiger partial charge in [0.1, 0.15) is 0 Å². The fourth-order valence-corrected chi connectivity index (χ4v) is 0.522. The Kier molecular flexibility index (Phi) is 2.24. The van der Waals surface area contributed by atoms with Crippen molar-refractivity contribution in [2.45, 2.75) is 38.3 Å². The smallest absolute Gasteiger partial charge is 0.238 e. The number of rotatable bonds is 2. The van der Waals surface area contributed by atoms with Gasteiger partial charge in [-0.15, -0.1) is 0 Å². The molecule has 0 aromatic rings. The molecule has 0 saturated carbocycles. The van der Waals surface area contributed by atoms with Crippen molar-refractivity contribution in [1.82, 2.24) is 0 Å². The second kappa shape index (κ2) is 2.32. The number of hydrogen-bond acceptors (Lipinski definition) is 0. The summed E-state index contributed by atoms with van der Waals surface area (Å²) < 4.78 is 61.1. The maximum atomic E-state index is 12.4. The van der Waals surface area contributed by atoms with Crippen LogP contribution in [0.1, 0.15) is 20.8 Å². The Morgan fingerprint density at radius 3 is 1.00 bits per heavy atom. The third kappa shape index (κ3) is 1.81. The van der Waals surface area contributed by atoms with Crippen LogP contribution in [0.15, 0.2) is 0 Å². The van der Waals surface area contributed by atoms with Crippen molar-refractivity contribution in [1.29, 1.82) is 0 Å². The zero-order valence-electron chi connectivity index (χ0n) is 6.39. The van der Waals surface area contributed by atoms with E-state index in [4.69, 9.17) is 0 Å². The lowest BCUT2D eigenvalue weighted by molar-refractivity contribution is -0.254. The normalized spacial score (nSPS) is 15.3. The van der Waals surface area contributed by atoms with Gasteiger partial charge in [-0.3, -0.25) is 0 Å². The average Bonchev–Trinajstić information content (AvgIpc) is 1.58. The van der Waals surface area contributed by atoms with Gasteiger partial charge in [0.25, 0.3) is 0 Å². The molecule has 5 heteroatoms. The minimum absolute atomic E-state index is 0.00562. The lowest BCUT2D eigenvalue weighted by Gasteiger charge is -2.31. The fourth-order valence-electron chi connectivity index (χ4n) is 0.522. The molecule has 68 valence electrons. The fraction of sp³-hybridized carbons (Fsp3) is 1.00. The number of hydrogen-bond donors (Lipinski definition) is 0. The third-order valence-electron chi connectivity index (χ3n) is 1.30. The summed E-state index contributed by atoms with van der Waals surface area (Å²) in [7, 11) is 0. The van der Waals surface area contributed by atoms with E-state index in [1.807, 2.05) is 0 Å². The molecule has 0 amide bonds. The molecular weight excluding hydrogens is 167 g/mol. The molecule has 0 aliphatic carbocycles. The molecule has 0 N–H and O–H groups in total. The van der Waals surface area contributed by atoms with Crippen LogP contribution in [0.2, 0.25) is 0 Å². The molecule has 0 rings (SSSR count). The van der Waals surface area contributed by atoms with Crippen molar-refractivity contribution < 1.29 is 22.0 Å². The molecule has 0 unspecified atom stereocenters. The number of alkyl halides is 5. The Bertz CT molecular complexity index is 122. The van der Waals surface area contributed by atoms with E-state index in [1.54, 1.807) is 0 Å². The minimum Gasteiger partial charge on any atom is -0.238 e. The Labute approximate surface area is 61.4 Å². The Hall–Kier alpha value is -0.350. The summed E-state index contributed by atoms with van der Waals surface area (Å²) in [6.07, 6.45) is 0. The topological polar surface area (TPSA) is 0 Å². The maximum absolute atomic E-state index is 12.4. The molecule has 11 heavy (non-hydrogen) atoms. The highest BCUT2D eigenvalue weighted by atomic mass is 19.3. The van der Waals surface area contributed by atoms with E-state index in [9.17, 15) is 22.0 Å². The van der Waals surface area contributed by atoms with Gasteiger partial charge in [-0.1, -0.05) is 0 Å². The Morgan fingerprint density at radius 2 is 1.00 bits per heavy atom. The average molecular weight is 176 g/mol. The van der Waals surface area contributed by atoms with Crippen molar-refractivity contribution in [2.24, 2.45) is 0 Å². The first-order chi connectivity index (χ1) is 4.50. The number of halogens is 5. The maximum Gasteiger partial charge on any atom is 0.342 e. The Morgan fingerprint density at radius 1 is 0.727 bits per heavy atom. The first kappa shape index (κ1) is 10.7. The van der Waals surface area contributed by atoms with Crippen LogP contribution in [0, 0.1) is 0 Å². The molecule has 0 saturated heterocycles. The van der Waals surface area contributed by atoms with Crippen molar-refractivity contribution >= 4 is 0 Å². The predicted octanol–water partition coefficient (Wildman–Crippen LogP) is 3.03. The molecule has 0 heterocycles. The van der Waals surface area contributed by atoms with E-state index >= 15 is 0 Å². The van der Waals surface area contributed by atoms with Crippen LogP contribution >= 0.6 is 0 Å². The lowest BCUT2D eigenvalue weighted by Crippen LogP contribution is -2.51. The second-order valence-corrected chi connectivity index (χ2v) is 2.94. The summed E-state index contributed by atoms with van der Waals surface area (Å²) in [6, 6.07) is 0. The zero-order chi connectivity index (χ0) is 9.50. The standard InChI is InChI=1S/C6H9F5/c1-4(2,7)6(10,11)5(3,8)9/h1-3H3. The predicted molar refractivity (Wildman–Crippen MR) is 30.8 cm³/mol. The van der Waals surface area contributed by atoms with Crippen molar-refractivity contribution in [3.63, 3.8) is 0 Å². The molecule has 0 bridgehead atoms. The van der Waals surface area contributed by atoms with Gasteiger partial charge in [-0.2, -0.15) is 8.78 Å². The van der Waals surface area contributed by atoms with Crippen LogP contribution in [0.3, 0.4) is 0 Å². The van der Waals surface area contributed by atoms with E-state index in [1.165, 1.54) is 0 Å². The van der Waals surface area contributed by atoms with Crippen LogP contribution < -0.4 is 0 Å². The summed E-state index contributed by atoms with van der Waals surface area (Å²) >= 11 is 0. The van der Waals surface area contributed by atoms with Crippen molar-refractivity contribution in [3.8, 4) is 0 Å². The summed E-state index contributed by atoms with van der Waals surface area (Å²) in [4.78, 5) is 0. The van der Waals surface area contributed by atoms with Gasteiger partial charge in [-0.05, 0) is 13.8 Å². The first-order valence-corrected chi connectivity index (χ1v) is 2.94. The van der Waals surface area contributed by atoms with Crippen molar-refractivity contribution in [2.75, 3.05) is 0 Å². The van der Waals surface area contributed by atoms with Gasteiger partial charge in [-0.25, -0.2) is 13.2 Å². The van der Waals surface area contributed by atoms with Crippen LogP contribution in [-0.4, -0.2) is 17.5 Å². The summed E-state index contributed by atoms with van der Waals surface area (Å²) in [5.41, 5.74) is -3.20. The highest BCUT2D eigenvalue weighted by Gasteiger charge is 2.62. The highest BCUT2D eigenvalue weighted by Crippen LogP contribution is 2.43. The van der Waals surface area contributed by atoms with Gasteiger partial charge < -0.3 is 0 Å². The summed E-state index contributed by atoms with van der Waals surface area (Å²) in [6.45, 7) is 0.836. The van der Waals surface area contributed by atoms with Gasteiger partial charge in [0, 0.05) is 6.92 Å². The van der Waals surface area contributed by atoms with E-state index in [0.29, 0.717) is 13.8 Å². The molecule has 0 aromatic heterocycles. The molecule has 0 aliphatic rings. The molecule has 0 aromatic carbocycles. The van der Waals surface area contributed by atoms with E-state index in [2.05, 4.69) is 0 Å². The molecule has 0 nitrogen and oxygen atoms in total. The van der Waals surface area contributed by atoms with Crippen molar-refractivity contribution in [3.05, 3.63) is 0 Å². The third-order valence-corrected chi connectivity index (χ3v) is 1.30. The lowest BCUT2D eigenvalue weighted by atomic mass is 9.98. The molecule has 0 radical (unpaired) electrons. The first-order valence-electron chi connectivity index (χ1n) is 2.94. The molecule has 0 fully saturated rings. The van der Waals surface area contributed by atoms with Crippen LogP contribution in [-0.2, 0) is 0 Å². The largest absolute Gasteiger partial charge is 0.342 e. The van der Waals surface area contributed by atoms with Crippen LogP contribution in [0.5, 0.6) is 0 Å². The van der Waals surface area contributed by atoms with Gasteiger partial charge in [0.15, 0.2) is 5.67 Å². The molecule has 0 atom stereocenters.